The molecule has 3 rings (SSSR count). The lowest BCUT2D eigenvalue weighted by Crippen LogP contribution is -2.19. The Morgan fingerprint density at radius 2 is 1.46 bits per heavy atom. The number of rotatable bonds is 4. The number of halogens is 1. The molecule has 1 heterocycles. The van der Waals surface area contributed by atoms with Gasteiger partial charge < -0.3 is 10.6 Å². The van der Waals surface area contributed by atoms with Crippen molar-refractivity contribution in [2.75, 3.05) is 10.6 Å². The van der Waals surface area contributed by atoms with Crippen LogP contribution in [-0.2, 0) is 0 Å². The van der Waals surface area contributed by atoms with Crippen molar-refractivity contribution < 1.29 is 9.59 Å². The van der Waals surface area contributed by atoms with Gasteiger partial charge in [0.25, 0.3) is 11.8 Å². The van der Waals surface area contributed by atoms with E-state index in [-0.39, 0.29) is 11.8 Å². The first kappa shape index (κ1) is 17.8. The first-order valence-electron chi connectivity index (χ1n) is 7.93. The fourth-order valence-electron chi connectivity index (χ4n) is 2.41. The Bertz CT molecular complexity index is 973. The van der Waals surface area contributed by atoms with Crippen LogP contribution in [0.3, 0.4) is 0 Å². The van der Waals surface area contributed by atoms with Crippen LogP contribution in [0.15, 0.2) is 71.5 Å². The monoisotopic (exact) mass is 409 g/mol. The van der Waals surface area contributed by atoms with Gasteiger partial charge in [-0.3, -0.25) is 14.6 Å². The van der Waals surface area contributed by atoms with Crippen molar-refractivity contribution >= 4 is 39.1 Å². The number of hydrogen-bond acceptors (Lipinski definition) is 3. The van der Waals surface area contributed by atoms with Crippen LogP contribution in [0.4, 0.5) is 11.4 Å². The van der Waals surface area contributed by atoms with Crippen LogP contribution in [0.25, 0.3) is 0 Å². The quantitative estimate of drug-likeness (QED) is 0.658. The lowest BCUT2D eigenvalue weighted by Gasteiger charge is -2.13. The molecular weight excluding hydrogens is 394 g/mol. The van der Waals surface area contributed by atoms with E-state index in [1.807, 2.05) is 19.1 Å². The molecule has 2 amide bonds. The van der Waals surface area contributed by atoms with Crippen molar-refractivity contribution in [3.8, 4) is 0 Å². The summed E-state index contributed by atoms with van der Waals surface area (Å²) in [5.74, 6) is -0.612. The second-order valence-corrected chi connectivity index (χ2v) is 6.48. The van der Waals surface area contributed by atoms with Gasteiger partial charge in [0.1, 0.15) is 0 Å². The van der Waals surface area contributed by atoms with Crippen molar-refractivity contribution in [3.05, 3.63) is 88.2 Å². The van der Waals surface area contributed by atoms with Gasteiger partial charge in [-0.1, -0.05) is 24.3 Å². The zero-order valence-corrected chi connectivity index (χ0v) is 15.6. The van der Waals surface area contributed by atoms with Crippen molar-refractivity contribution in [3.63, 3.8) is 0 Å². The Morgan fingerprint density at radius 1 is 0.846 bits per heavy atom. The van der Waals surface area contributed by atoms with Gasteiger partial charge in [0.15, 0.2) is 0 Å². The van der Waals surface area contributed by atoms with E-state index >= 15 is 0 Å². The summed E-state index contributed by atoms with van der Waals surface area (Å²) < 4.78 is 0.686. The Morgan fingerprint density at radius 3 is 2.19 bits per heavy atom. The van der Waals surface area contributed by atoms with Crippen LogP contribution in [0.1, 0.15) is 26.3 Å². The van der Waals surface area contributed by atoms with Gasteiger partial charge in [0, 0.05) is 10.7 Å². The predicted octanol–water partition coefficient (Wildman–Crippen LogP) is 4.66. The van der Waals surface area contributed by atoms with Gasteiger partial charge >= 0.3 is 0 Å². The minimum Gasteiger partial charge on any atom is -0.321 e. The van der Waals surface area contributed by atoms with Gasteiger partial charge in [-0.05, 0) is 58.7 Å². The normalized spacial score (nSPS) is 10.2. The lowest BCUT2D eigenvalue weighted by atomic mass is 10.1. The van der Waals surface area contributed by atoms with E-state index in [4.69, 9.17) is 0 Å². The molecule has 0 spiro atoms. The predicted molar refractivity (Wildman–Crippen MR) is 105 cm³/mol. The van der Waals surface area contributed by atoms with Gasteiger partial charge in [-0.25, -0.2) is 0 Å². The molecule has 2 N–H and O–H groups in total. The van der Waals surface area contributed by atoms with E-state index in [0.29, 0.717) is 27.0 Å². The number of carbonyl (C=O) groups excluding carboxylic acids is 2. The van der Waals surface area contributed by atoms with Crippen molar-refractivity contribution in [2.45, 2.75) is 6.92 Å². The van der Waals surface area contributed by atoms with E-state index in [0.717, 1.165) is 5.56 Å². The number of amides is 2. The fourth-order valence-corrected chi connectivity index (χ4v) is 2.87. The Balaban J connectivity index is 1.84. The molecule has 0 aliphatic rings. The molecule has 0 saturated heterocycles. The number of para-hydroxylation sites is 1. The summed E-state index contributed by atoms with van der Waals surface area (Å²) in [6, 6.07) is 15.8. The van der Waals surface area contributed by atoms with Crippen molar-refractivity contribution in [2.24, 2.45) is 0 Å². The second kappa shape index (κ2) is 7.93. The molecule has 0 atom stereocenters. The number of anilines is 2. The van der Waals surface area contributed by atoms with E-state index in [1.165, 1.54) is 0 Å². The Labute approximate surface area is 159 Å². The highest BCUT2D eigenvalue weighted by atomic mass is 79.9. The number of aryl methyl sites for hydroxylation is 1. The molecule has 0 radical (unpaired) electrons. The molecule has 5 nitrogen and oxygen atoms in total. The SMILES string of the molecule is Cc1ccncc1NC(=O)c1ccccc1NC(=O)c1ccccc1Br. The fraction of sp³-hybridized carbons (Fsp3) is 0.0500. The summed E-state index contributed by atoms with van der Waals surface area (Å²) in [7, 11) is 0. The molecule has 0 aliphatic heterocycles. The van der Waals surface area contributed by atoms with Crippen LogP contribution < -0.4 is 10.6 Å². The molecule has 2 aromatic carbocycles. The minimum atomic E-state index is -0.316. The second-order valence-electron chi connectivity index (χ2n) is 5.62. The highest BCUT2D eigenvalue weighted by Gasteiger charge is 2.16. The topological polar surface area (TPSA) is 71.1 Å². The maximum Gasteiger partial charge on any atom is 0.257 e. The number of pyridine rings is 1. The largest absolute Gasteiger partial charge is 0.321 e. The van der Waals surface area contributed by atoms with E-state index < -0.39 is 0 Å². The van der Waals surface area contributed by atoms with Gasteiger partial charge in [-0.15, -0.1) is 0 Å². The average Bonchev–Trinajstić information content (AvgIpc) is 2.64. The average molecular weight is 410 g/mol. The highest BCUT2D eigenvalue weighted by Crippen LogP contribution is 2.21. The van der Waals surface area contributed by atoms with Gasteiger partial charge in [-0.2, -0.15) is 0 Å². The molecule has 3 aromatic rings. The Kier molecular flexibility index (Phi) is 5.43. The van der Waals surface area contributed by atoms with Crippen molar-refractivity contribution in [1.29, 1.82) is 0 Å². The minimum absolute atomic E-state index is 0.296. The summed E-state index contributed by atoms with van der Waals surface area (Å²) in [6.07, 6.45) is 3.26. The van der Waals surface area contributed by atoms with Gasteiger partial charge in [0.05, 0.1) is 28.7 Å². The first-order chi connectivity index (χ1) is 12.6. The number of aromatic nitrogens is 1. The molecule has 0 bridgehead atoms. The third-order valence-corrected chi connectivity index (χ3v) is 4.52. The number of carbonyl (C=O) groups is 2. The third-order valence-electron chi connectivity index (χ3n) is 3.83. The molecule has 26 heavy (non-hydrogen) atoms. The van der Waals surface area contributed by atoms with E-state index in [2.05, 4.69) is 31.5 Å². The standard InChI is InChI=1S/C20H16BrN3O2/c1-13-10-11-22-12-18(13)24-20(26)15-7-3-5-9-17(15)23-19(25)14-6-2-4-8-16(14)21/h2-12H,1H3,(H,23,25)(H,24,26). The molecule has 1 aromatic heterocycles. The smallest absolute Gasteiger partial charge is 0.257 e. The van der Waals surface area contributed by atoms with Crippen LogP contribution in [0, 0.1) is 6.92 Å². The van der Waals surface area contributed by atoms with Gasteiger partial charge in [0.2, 0.25) is 0 Å². The zero-order chi connectivity index (χ0) is 18.5. The number of benzene rings is 2. The first-order valence-corrected chi connectivity index (χ1v) is 8.72. The summed E-state index contributed by atoms with van der Waals surface area (Å²) in [4.78, 5) is 29.2. The summed E-state index contributed by atoms with van der Waals surface area (Å²) in [5.41, 5.74) is 2.83. The molecular formula is C20H16BrN3O2. The molecule has 6 heteroatoms. The van der Waals surface area contributed by atoms with Crippen LogP contribution in [-0.4, -0.2) is 16.8 Å². The Hall–Kier alpha value is -2.99. The summed E-state index contributed by atoms with van der Waals surface area (Å²) in [6.45, 7) is 1.89. The third kappa shape index (κ3) is 3.97. The lowest BCUT2D eigenvalue weighted by molar-refractivity contribution is 0.102. The van der Waals surface area contributed by atoms with Crippen LogP contribution in [0.5, 0.6) is 0 Å². The highest BCUT2D eigenvalue weighted by molar-refractivity contribution is 9.10. The summed E-state index contributed by atoms with van der Waals surface area (Å²) in [5, 5.41) is 5.63. The molecule has 0 unspecified atom stereocenters. The number of nitrogens with zero attached hydrogens (tertiary/aromatic N) is 1. The zero-order valence-electron chi connectivity index (χ0n) is 14.0. The number of hydrogen-bond donors (Lipinski definition) is 2. The maximum absolute atomic E-state index is 12.7. The van der Waals surface area contributed by atoms with Crippen LogP contribution in [0.2, 0.25) is 0 Å². The molecule has 0 aliphatic carbocycles. The number of nitrogens with one attached hydrogen (secondary N) is 2. The molecule has 0 fully saturated rings. The molecule has 130 valence electrons. The maximum atomic E-state index is 12.7. The van der Waals surface area contributed by atoms with E-state index in [1.54, 1.807) is 54.9 Å². The van der Waals surface area contributed by atoms with E-state index in [9.17, 15) is 9.59 Å². The molecule has 0 saturated carbocycles. The summed E-state index contributed by atoms with van der Waals surface area (Å²) >= 11 is 3.36. The van der Waals surface area contributed by atoms with Crippen LogP contribution >= 0.6 is 15.9 Å². The van der Waals surface area contributed by atoms with Crippen molar-refractivity contribution in [1.82, 2.24) is 4.98 Å².